The summed E-state index contributed by atoms with van der Waals surface area (Å²) < 4.78 is 12.1. The van der Waals surface area contributed by atoms with Crippen LogP contribution in [0.3, 0.4) is 0 Å². The number of para-hydroxylation sites is 1. The third-order valence-corrected chi connectivity index (χ3v) is 3.97. The fourth-order valence-corrected chi connectivity index (χ4v) is 2.65. The van der Waals surface area contributed by atoms with Crippen molar-refractivity contribution in [3.63, 3.8) is 0 Å². The lowest BCUT2D eigenvalue weighted by Gasteiger charge is -2.13. The molecule has 7 nitrogen and oxygen atoms in total. The number of aryl methyl sites for hydroxylation is 1. The molecule has 3 rings (SSSR count). The molecule has 7 heteroatoms. The van der Waals surface area contributed by atoms with Crippen LogP contribution < -0.4 is 15.7 Å². The minimum atomic E-state index is -0.878. The highest BCUT2D eigenvalue weighted by Gasteiger charge is 2.17. The molecule has 0 saturated heterocycles. The van der Waals surface area contributed by atoms with Gasteiger partial charge in [-0.15, -0.1) is 0 Å². The summed E-state index contributed by atoms with van der Waals surface area (Å²) >= 11 is 0. The molecule has 0 aliphatic carbocycles. The number of ether oxygens (including phenoxy) is 1. The molecular weight excluding hydrogens is 324 g/mol. The second-order valence-electron chi connectivity index (χ2n) is 5.60. The second-order valence-corrected chi connectivity index (χ2v) is 5.60. The van der Waals surface area contributed by atoms with Gasteiger partial charge in [0.25, 0.3) is 5.91 Å². The summed E-state index contributed by atoms with van der Waals surface area (Å²) in [7, 11) is 3.27. The lowest BCUT2D eigenvalue weighted by molar-refractivity contribution is 0.0909. The molecule has 2 heterocycles. The van der Waals surface area contributed by atoms with Crippen LogP contribution >= 0.6 is 0 Å². The van der Waals surface area contributed by atoms with Crippen LogP contribution in [0.5, 0.6) is 5.75 Å². The number of nitrogens with one attached hydrogen (secondary N) is 1. The van der Waals surface area contributed by atoms with Gasteiger partial charge in [0.2, 0.25) is 0 Å². The molecule has 0 aliphatic heterocycles. The highest BCUT2D eigenvalue weighted by Crippen LogP contribution is 2.24. The largest absolute Gasteiger partial charge is 0.493 e. The predicted octanol–water partition coefficient (Wildman–Crippen LogP) is 1.60. The summed E-state index contributed by atoms with van der Waals surface area (Å²) in [5.74, 6) is -0.188. The van der Waals surface area contributed by atoms with E-state index in [0.29, 0.717) is 16.8 Å². The first-order chi connectivity index (χ1) is 12.0. The molecule has 1 atom stereocenters. The number of benzene rings is 1. The van der Waals surface area contributed by atoms with Crippen LogP contribution in [-0.4, -0.2) is 29.2 Å². The van der Waals surface area contributed by atoms with Crippen molar-refractivity contribution in [2.45, 2.75) is 6.10 Å². The zero-order chi connectivity index (χ0) is 18.0. The van der Waals surface area contributed by atoms with E-state index in [1.165, 1.54) is 13.2 Å². The first kappa shape index (κ1) is 16.8. The molecular formula is C18H18N2O5. The molecule has 3 aromatic rings. The summed E-state index contributed by atoms with van der Waals surface area (Å²) in [4.78, 5) is 24.4. The molecule has 0 radical (unpaired) electrons. The van der Waals surface area contributed by atoms with Crippen molar-refractivity contribution in [1.82, 2.24) is 9.88 Å². The number of hydrogen-bond acceptors (Lipinski definition) is 5. The van der Waals surface area contributed by atoms with Gasteiger partial charge < -0.3 is 24.1 Å². The van der Waals surface area contributed by atoms with Gasteiger partial charge in [0.15, 0.2) is 11.3 Å². The van der Waals surface area contributed by atoms with Crippen LogP contribution in [-0.2, 0) is 7.05 Å². The molecule has 2 N–H and O–H groups in total. The van der Waals surface area contributed by atoms with Crippen LogP contribution in [0.15, 0.2) is 51.8 Å². The number of fused-ring (bicyclic) bond motifs is 1. The minimum absolute atomic E-state index is 0.0216. The van der Waals surface area contributed by atoms with Gasteiger partial charge in [0, 0.05) is 30.9 Å². The number of amides is 1. The number of nitrogens with zero attached hydrogens (tertiary/aromatic N) is 1. The first-order valence-electron chi connectivity index (χ1n) is 7.69. The highest BCUT2D eigenvalue weighted by atomic mass is 16.5. The molecule has 1 amide bonds. The average molecular weight is 342 g/mol. The molecule has 1 aromatic carbocycles. The van der Waals surface area contributed by atoms with Gasteiger partial charge in [-0.25, -0.2) is 4.79 Å². The molecule has 0 fully saturated rings. The maximum Gasteiger partial charge on any atom is 0.349 e. The highest BCUT2D eigenvalue weighted by molar-refractivity contribution is 5.97. The number of aromatic nitrogens is 1. The van der Waals surface area contributed by atoms with Crippen LogP contribution in [0, 0.1) is 0 Å². The normalized spacial score (nSPS) is 12.1. The smallest absolute Gasteiger partial charge is 0.349 e. The van der Waals surface area contributed by atoms with Gasteiger partial charge >= 0.3 is 5.63 Å². The van der Waals surface area contributed by atoms with Crippen LogP contribution in [0.4, 0.5) is 0 Å². The van der Waals surface area contributed by atoms with E-state index in [9.17, 15) is 14.7 Å². The Morgan fingerprint density at radius 3 is 2.84 bits per heavy atom. The Morgan fingerprint density at radius 1 is 1.36 bits per heavy atom. The minimum Gasteiger partial charge on any atom is -0.493 e. The molecule has 0 aliphatic rings. The van der Waals surface area contributed by atoms with E-state index in [-0.39, 0.29) is 17.7 Å². The van der Waals surface area contributed by atoms with Gasteiger partial charge in [0.1, 0.15) is 11.7 Å². The van der Waals surface area contributed by atoms with Gasteiger partial charge in [0.05, 0.1) is 7.11 Å². The van der Waals surface area contributed by atoms with Crippen molar-refractivity contribution < 1.29 is 19.1 Å². The van der Waals surface area contributed by atoms with Crippen LogP contribution in [0.2, 0.25) is 0 Å². The van der Waals surface area contributed by atoms with E-state index in [2.05, 4.69) is 5.32 Å². The molecule has 0 bridgehead atoms. The third-order valence-electron chi connectivity index (χ3n) is 3.97. The molecule has 25 heavy (non-hydrogen) atoms. The van der Waals surface area contributed by atoms with Crippen molar-refractivity contribution in [1.29, 1.82) is 0 Å². The number of rotatable bonds is 5. The van der Waals surface area contributed by atoms with E-state index in [0.717, 1.165) is 0 Å². The standard InChI is InChI=1S/C18H18N2O5/c1-20-8-4-6-13(20)14(21)10-19-17(22)12-9-11-5-3-7-15(24-2)16(11)25-18(12)23/h3-9,14,21H,10H2,1-2H3,(H,19,22)/t14-/m1/s1. The summed E-state index contributed by atoms with van der Waals surface area (Å²) in [5, 5.41) is 13.3. The summed E-state index contributed by atoms with van der Waals surface area (Å²) in [6.07, 6.45) is 0.919. The zero-order valence-corrected chi connectivity index (χ0v) is 13.9. The third kappa shape index (κ3) is 3.27. The van der Waals surface area contributed by atoms with Crippen molar-refractivity contribution in [3.8, 4) is 5.75 Å². The van der Waals surface area contributed by atoms with E-state index < -0.39 is 17.6 Å². The Kier molecular flexibility index (Phi) is 4.58. The Morgan fingerprint density at radius 2 is 2.16 bits per heavy atom. The Labute approximate surface area is 143 Å². The Bertz CT molecular complexity index is 973. The van der Waals surface area contributed by atoms with E-state index in [1.807, 2.05) is 0 Å². The van der Waals surface area contributed by atoms with Crippen LogP contribution in [0.1, 0.15) is 22.2 Å². The number of methoxy groups -OCH3 is 1. The summed E-state index contributed by atoms with van der Waals surface area (Å²) in [6.45, 7) is -0.0216. The van der Waals surface area contributed by atoms with Gasteiger partial charge in [-0.2, -0.15) is 0 Å². The zero-order valence-electron chi connectivity index (χ0n) is 13.9. The fraction of sp³-hybridized carbons (Fsp3) is 0.222. The Balaban J connectivity index is 1.81. The summed E-state index contributed by atoms with van der Waals surface area (Å²) in [6, 6.07) is 10.1. The van der Waals surface area contributed by atoms with E-state index in [1.54, 1.807) is 48.1 Å². The topological polar surface area (TPSA) is 93.7 Å². The number of carbonyl (C=O) groups excluding carboxylic acids is 1. The second kappa shape index (κ2) is 6.82. The quantitative estimate of drug-likeness (QED) is 0.687. The number of carbonyl (C=O) groups is 1. The lowest BCUT2D eigenvalue weighted by atomic mass is 10.1. The van der Waals surface area contributed by atoms with Crippen molar-refractivity contribution >= 4 is 16.9 Å². The SMILES string of the molecule is COc1cccc2cc(C(=O)NC[C@@H](O)c3cccn3C)c(=O)oc12. The summed E-state index contributed by atoms with van der Waals surface area (Å²) in [5.41, 5.74) is 0.0636. The van der Waals surface area contributed by atoms with Crippen molar-refractivity contribution in [2.24, 2.45) is 7.05 Å². The average Bonchev–Trinajstić information content (AvgIpc) is 3.04. The fourth-order valence-electron chi connectivity index (χ4n) is 2.65. The molecule has 0 spiro atoms. The Hall–Kier alpha value is -3.06. The molecule has 0 unspecified atom stereocenters. The van der Waals surface area contributed by atoms with Crippen molar-refractivity contribution in [2.75, 3.05) is 13.7 Å². The van der Waals surface area contributed by atoms with Gasteiger partial charge in [-0.1, -0.05) is 12.1 Å². The maximum atomic E-state index is 12.3. The predicted molar refractivity (Wildman–Crippen MR) is 91.7 cm³/mol. The molecule has 2 aromatic heterocycles. The molecule has 130 valence electrons. The number of hydrogen-bond donors (Lipinski definition) is 2. The van der Waals surface area contributed by atoms with Gasteiger partial charge in [-0.05, 0) is 24.3 Å². The lowest BCUT2D eigenvalue weighted by Crippen LogP contribution is -2.32. The van der Waals surface area contributed by atoms with E-state index >= 15 is 0 Å². The monoisotopic (exact) mass is 342 g/mol. The van der Waals surface area contributed by atoms with Crippen LogP contribution in [0.25, 0.3) is 11.0 Å². The first-order valence-corrected chi connectivity index (χ1v) is 7.69. The van der Waals surface area contributed by atoms with Gasteiger partial charge in [-0.3, -0.25) is 4.79 Å². The van der Waals surface area contributed by atoms with Crippen molar-refractivity contribution in [3.05, 3.63) is 64.3 Å². The number of aliphatic hydroxyl groups is 1. The maximum absolute atomic E-state index is 12.3. The number of aliphatic hydroxyl groups excluding tert-OH is 1. The molecule has 0 saturated carbocycles. The van der Waals surface area contributed by atoms with E-state index in [4.69, 9.17) is 9.15 Å².